The molecule has 0 saturated carbocycles. The van der Waals surface area contributed by atoms with E-state index < -0.39 is 0 Å². The lowest BCUT2D eigenvalue weighted by molar-refractivity contribution is -0.116. The highest BCUT2D eigenvalue weighted by Crippen LogP contribution is 2.39. The van der Waals surface area contributed by atoms with E-state index >= 15 is 0 Å². The monoisotopic (exact) mass is 351 g/mol. The van der Waals surface area contributed by atoms with Crippen molar-refractivity contribution in [1.82, 2.24) is 5.32 Å². The Kier molecular flexibility index (Phi) is 5.27. The molecule has 0 unspecified atom stereocenters. The first-order valence-electron chi connectivity index (χ1n) is 8.22. The van der Waals surface area contributed by atoms with Gasteiger partial charge in [0.05, 0.1) is 21.3 Å². The van der Waals surface area contributed by atoms with Crippen LogP contribution in [0.4, 0.5) is 0 Å². The summed E-state index contributed by atoms with van der Waals surface area (Å²) in [5.41, 5.74) is 3.42. The normalized spacial score (nSPS) is 16.7. The lowest BCUT2D eigenvalue weighted by atomic mass is 10.0. The van der Waals surface area contributed by atoms with Gasteiger partial charge in [-0.3, -0.25) is 4.79 Å². The molecular formula is C21H21NO4. The zero-order chi connectivity index (χ0) is 18.5. The minimum Gasteiger partial charge on any atom is -0.493 e. The van der Waals surface area contributed by atoms with Crippen molar-refractivity contribution in [2.24, 2.45) is 0 Å². The Morgan fingerprint density at radius 2 is 1.54 bits per heavy atom. The zero-order valence-electron chi connectivity index (χ0n) is 15.0. The van der Waals surface area contributed by atoms with E-state index in [1.54, 1.807) is 21.3 Å². The minimum atomic E-state index is -0.0964. The zero-order valence-corrected chi connectivity index (χ0v) is 15.0. The van der Waals surface area contributed by atoms with Crippen LogP contribution in [0.3, 0.4) is 0 Å². The van der Waals surface area contributed by atoms with Gasteiger partial charge in [-0.15, -0.1) is 0 Å². The Hall–Kier alpha value is -3.21. The molecule has 3 rings (SSSR count). The second-order valence-electron chi connectivity index (χ2n) is 5.78. The van der Waals surface area contributed by atoms with Crippen LogP contribution in [0.25, 0.3) is 12.2 Å². The molecule has 0 atom stereocenters. The van der Waals surface area contributed by atoms with Gasteiger partial charge in [-0.2, -0.15) is 0 Å². The van der Waals surface area contributed by atoms with Gasteiger partial charge in [-0.25, -0.2) is 0 Å². The second kappa shape index (κ2) is 7.78. The summed E-state index contributed by atoms with van der Waals surface area (Å²) < 4.78 is 16.1. The summed E-state index contributed by atoms with van der Waals surface area (Å²) in [7, 11) is 4.69. The van der Waals surface area contributed by atoms with Crippen LogP contribution in [0.2, 0.25) is 0 Å². The first-order chi connectivity index (χ1) is 12.7. The van der Waals surface area contributed by atoms with E-state index in [1.807, 2.05) is 54.6 Å². The fourth-order valence-electron chi connectivity index (χ4n) is 2.90. The summed E-state index contributed by atoms with van der Waals surface area (Å²) >= 11 is 0. The number of hydrogen-bond acceptors (Lipinski definition) is 4. The molecule has 5 heteroatoms. The molecule has 5 nitrogen and oxygen atoms in total. The van der Waals surface area contributed by atoms with E-state index in [0.717, 1.165) is 16.7 Å². The summed E-state index contributed by atoms with van der Waals surface area (Å²) in [5.74, 6) is 1.52. The Morgan fingerprint density at radius 1 is 0.885 bits per heavy atom. The van der Waals surface area contributed by atoms with Gasteiger partial charge in [0.25, 0.3) is 5.91 Å². The van der Waals surface area contributed by atoms with Crippen molar-refractivity contribution in [1.29, 1.82) is 0 Å². The van der Waals surface area contributed by atoms with Gasteiger partial charge in [-0.1, -0.05) is 30.3 Å². The van der Waals surface area contributed by atoms with Gasteiger partial charge < -0.3 is 19.5 Å². The second-order valence-corrected chi connectivity index (χ2v) is 5.78. The molecule has 0 aliphatic carbocycles. The Balaban J connectivity index is 2.04. The molecule has 0 aromatic heterocycles. The third kappa shape index (κ3) is 3.57. The van der Waals surface area contributed by atoms with Crippen LogP contribution in [-0.4, -0.2) is 33.8 Å². The smallest absolute Gasteiger partial charge is 0.251 e. The first-order valence-corrected chi connectivity index (χ1v) is 8.22. The first kappa shape index (κ1) is 17.6. The fourth-order valence-corrected chi connectivity index (χ4v) is 2.90. The lowest BCUT2D eigenvalue weighted by Gasteiger charge is -2.13. The summed E-state index contributed by atoms with van der Waals surface area (Å²) in [6.07, 6.45) is 3.85. The summed E-state index contributed by atoms with van der Waals surface area (Å²) in [6, 6.07) is 13.6. The number of carbonyl (C=O) groups is 1. The number of benzene rings is 2. The number of hydrogen-bond donors (Lipinski definition) is 1. The average Bonchev–Trinajstić information content (AvgIpc) is 3.01. The minimum absolute atomic E-state index is 0.0964. The highest BCUT2D eigenvalue weighted by Gasteiger charge is 2.22. The SMILES string of the molecule is COc1cc(/C=C2/C(=O)NCC2=Cc2ccccc2)cc(OC)c1OC. The number of methoxy groups -OCH3 is 3. The summed E-state index contributed by atoms with van der Waals surface area (Å²) in [6.45, 7) is 0.504. The van der Waals surface area contributed by atoms with Crippen LogP contribution >= 0.6 is 0 Å². The number of ether oxygens (including phenoxy) is 3. The van der Waals surface area contributed by atoms with Crippen LogP contribution < -0.4 is 19.5 Å². The van der Waals surface area contributed by atoms with E-state index in [1.165, 1.54) is 0 Å². The van der Waals surface area contributed by atoms with Crippen LogP contribution in [0.5, 0.6) is 17.2 Å². The molecule has 26 heavy (non-hydrogen) atoms. The van der Waals surface area contributed by atoms with Gasteiger partial charge in [0, 0.05) is 12.1 Å². The van der Waals surface area contributed by atoms with E-state index in [0.29, 0.717) is 29.4 Å². The standard InChI is InChI=1S/C21H21NO4/c1-24-18-11-15(12-19(25-2)20(18)26-3)10-17-16(13-22-21(17)23)9-14-7-5-4-6-8-14/h4-12H,13H2,1-3H3,(H,22,23)/b16-9?,17-10+. The van der Waals surface area contributed by atoms with Crippen molar-refractivity contribution in [3.8, 4) is 17.2 Å². The molecular weight excluding hydrogens is 330 g/mol. The molecule has 1 aliphatic rings. The van der Waals surface area contributed by atoms with E-state index in [-0.39, 0.29) is 5.91 Å². The maximum atomic E-state index is 12.3. The van der Waals surface area contributed by atoms with Crippen molar-refractivity contribution >= 4 is 18.1 Å². The maximum absolute atomic E-state index is 12.3. The molecule has 134 valence electrons. The van der Waals surface area contributed by atoms with Crippen molar-refractivity contribution in [3.63, 3.8) is 0 Å². The van der Waals surface area contributed by atoms with Gasteiger partial charge in [-0.05, 0) is 41.0 Å². The highest BCUT2D eigenvalue weighted by molar-refractivity contribution is 6.06. The molecule has 0 radical (unpaired) electrons. The van der Waals surface area contributed by atoms with Crippen molar-refractivity contribution in [2.75, 3.05) is 27.9 Å². The topological polar surface area (TPSA) is 56.8 Å². The van der Waals surface area contributed by atoms with Gasteiger partial charge in [0.2, 0.25) is 5.75 Å². The van der Waals surface area contributed by atoms with Crippen LogP contribution in [0.15, 0.2) is 53.6 Å². The number of carbonyl (C=O) groups excluding carboxylic acids is 1. The highest BCUT2D eigenvalue weighted by atomic mass is 16.5. The molecule has 1 N–H and O–H groups in total. The van der Waals surface area contributed by atoms with Crippen molar-refractivity contribution in [2.45, 2.75) is 0 Å². The molecule has 1 fully saturated rings. The molecule has 1 saturated heterocycles. The predicted octanol–water partition coefficient (Wildman–Crippen LogP) is 3.31. The Labute approximate surface area is 152 Å². The average molecular weight is 351 g/mol. The molecule has 0 bridgehead atoms. The van der Waals surface area contributed by atoms with Crippen LogP contribution in [0, 0.1) is 0 Å². The molecule has 1 amide bonds. The molecule has 1 aliphatic heterocycles. The molecule has 2 aromatic carbocycles. The predicted molar refractivity (Wildman–Crippen MR) is 102 cm³/mol. The van der Waals surface area contributed by atoms with Gasteiger partial charge in [0.15, 0.2) is 11.5 Å². The van der Waals surface area contributed by atoms with Crippen molar-refractivity contribution < 1.29 is 19.0 Å². The van der Waals surface area contributed by atoms with Crippen LogP contribution in [0.1, 0.15) is 11.1 Å². The Morgan fingerprint density at radius 3 is 2.12 bits per heavy atom. The lowest BCUT2D eigenvalue weighted by Crippen LogP contribution is -2.14. The molecule has 0 spiro atoms. The molecule has 2 aromatic rings. The van der Waals surface area contributed by atoms with Crippen LogP contribution in [-0.2, 0) is 4.79 Å². The fraction of sp³-hybridized carbons (Fsp3) is 0.190. The van der Waals surface area contributed by atoms with Gasteiger partial charge in [0.1, 0.15) is 0 Å². The van der Waals surface area contributed by atoms with Gasteiger partial charge >= 0.3 is 0 Å². The summed E-state index contributed by atoms with van der Waals surface area (Å²) in [4.78, 5) is 12.3. The van der Waals surface area contributed by atoms with E-state index in [2.05, 4.69) is 5.32 Å². The third-order valence-corrected chi connectivity index (χ3v) is 4.17. The molecule has 1 heterocycles. The number of nitrogens with one attached hydrogen (secondary N) is 1. The maximum Gasteiger partial charge on any atom is 0.251 e. The quantitative estimate of drug-likeness (QED) is 0.840. The number of amides is 1. The Bertz CT molecular complexity index is 844. The number of rotatable bonds is 5. The van der Waals surface area contributed by atoms with Crippen molar-refractivity contribution in [3.05, 3.63) is 64.7 Å². The van der Waals surface area contributed by atoms with E-state index in [9.17, 15) is 4.79 Å². The largest absolute Gasteiger partial charge is 0.493 e. The summed E-state index contributed by atoms with van der Waals surface area (Å²) in [5, 5.41) is 2.88. The van der Waals surface area contributed by atoms with E-state index in [4.69, 9.17) is 14.2 Å². The third-order valence-electron chi connectivity index (χ3n) is 4.17.